The van der Waals surface area contributed by atoms with Crippen molar-refractivity contribution in [3.8, 4) is 5.75 Å². The molecule has 5 heteroatoms. The van der Waals surface area contributed by atoms with Crippen molar-refractivity contribution in [2.24, 2.45) is 11.8 Å². The number of benzene rings is 2. The molecule has 1 amide bonds. The highest BCUT2D eigenvalue weighted by Gasteiger charge is 2.47. The molecule has 5 nitrogen and oxygen atoms in total. The first-order chi connectivity index (χ1) is 15.2. The number of hydrogen-bond acceptors (Lipinski definition) is 4. The predicted molar refractivity (Wildman–Crippen MR) is 120 cm³/mol. The van der Waals surface area contributed by atoms with Gasteiger partial charge in [0.25, 0.3) is 5.91 Å². The number of rotatable bonds is 5. The van der Waals surface area contributed by atoms with Crippen molar-refractivity contribution in [2.45, 2.75) is 44.4 Å². The summed E-state index contributed by atoms with van der Waals surface area (Å²) in [5.74, 6) is 1.87. The van der Waals surface area contributed by atoms with Crippen LogP contribution in [0.5, 0.6) is 5.75 Å². The van der Waals surface area contributed by atoms with E-state index < -0.39 is 0 Å². The second kappa shape index (κ2) is 9.01. The maximum atomic E-state index is 13.3. The first-order valence-electron chi connectivity index (χ1n) is 11.7. The third-order valence-corrected chi connectivity index (χ3v) is 7.45. The highest BCUT2D eigenvalue weighted by atomic mass is 16.5. The topological polar surface area (TPSA) is 53.0 Å². The molecule has 0 radical (unpaired) electrons. The van der Waals surface area contributed by atoms with Gasteiger partial charge in [-0.15, -0.1) is 0 Å². The molecule has 164 valence electrons. The zero-order chi connectivity index (χ0) is 21.2. The molecule has 2 aromatic carbocycles. The Hall–Kier alpha value is -2.37. The molecule has 0 spiro atoms. The molecule has 0 aromatic heterocycles. The van der Waals surface area contributed by atoms with Crippen LogP contribution in [-0.2, 0) is 6.61 Å². The maximum Gasteiger partial charge on any atom is 0.253 e. The van der Waals surface area contributed by atoms with Crippen LogP contribution in [0.4, 0.5) is 0 Å². The summed E-state index contributed by atoms with van der Waals surface area (Å²) in [4.78, 5) is 17.9. The second-order valence-electron chi connectivity index (χ2n) is 9.32. The van der Waals surface area contributed by atoms with Gasteiger partial charge >= 0.3 is 0 Å². The minimum Gasteiger partial charge on any atom is -0.489 e. The number of aliphatic hydroxyl groups excluding tert-OH is 1. The molecule has 0 unspecified atom stereocenters. The van der Waals surface area contributed by atoms with Gasteiger partial charge in [0.05, 0.1) is 6.61 Å². The summed E-state index contributed by atoms with van der Waals surface area (Å²) in [6.07, 6.45) is 4.84. The summed E-state index contributed by atoms with van der Waals surface area (Å²) in [6.45, 7) is 3.38. The molecule has 3 saturated heterocycles. The van der Waals surface area contributed by atoms with Crippen molar-refractivity contribution in [1.82, 2.24) is 9.80 Å². The van der Waals surface area contributed by atoms with Gasteiger partial charge in [-0.25, -0.2) is 0 Å². The Bertz CT molecular complexity index is 871. The largest absolute Gasteiger partial charge is 0.489 e. The molecule has 3 fully saturated rings. The van der Waals surface area contributed by atoms with Crippen molar-refractivity contribution in [1.29, 1.82) is 0 Å². The average molecular weight is 421 g/mol. The van der Waals surface area contributed by atoms with Gasteiger partial charge in [0.15, 0.2) is 0 Å². The fraction of sp³-hybridized carbons (Fsp3) is 0.500. The van der Waals surface area contributed by atoms with Crippen LogP contribution >= 0.6 is 0 Å². The van der Waals surface area contributed by atoms with Gasteiger partial charge < -0.3 is 14.7 Å². The number of para-hydroxylation sites is 1. The van der Waals surface area contributed by atoms with Crippen molar-refractivity contribution in [3.05, 3.63) is 65.7 Å². The minimum absolute atomic E-state index is 0.117. The van der Waals surface area contributed by atoms with Crippen molar-refractivity contribution in [2.75, 3.05) is 26.2 Å². The van der Waals surface area contributed by atoms with Crippen molar-refractivity contribution in [3.63, 3.8) is 0 Å². The number of fused-ring (bicyclic) bond motifs is 4. The van der Waals surface area contributed by atoms with Crippen LogP contribution in [0, 0.1) is 11.8 Å². The molecule has 0 saturated carbocycles. The predicted octanol–water partition coefficient (Wildman–Crippen LogP) is 3.57. The van der Waals surface area contributed by atoms with Crippen LogP contribution < -0.4 is 4.74 Å². The lowest BCUT2D eigenvalue weighted by Crippen LogP contribution is -2.65. The van der Waals surface area contributed by atoms with E-state index in [0.717, 1.165) is 42.9 Å². The van der Waals surface area contributed by atoms with E-state index in [1.807, 2.05) is 59.5 Å². The van der Waals surface area contributed by atoms with Crippen LogP contribution in [0.3, 0.4) is 0 Å². The minimum atomic E-state index is 0.117. The van der Waals surface area contributed by atoms with Crippen LogP contribution in [0.15, 0.2) is 54.6 Å². The Labute approximate surface area is 184 Å². The summed E-state index contributed by atoms with van der Waals surface area (Å²) < 4.78 is 5.81. The van der Waals surface area contributed by atoms with Gasteiger partial charge in [0, 0.05) is 30.7 Å². The molecule has 2 bridgehead atoms. The molecule has 3 aliphatic heterocycles. The molecule has 0 aliphatic carbocycles. The third kappa shape index (κ3) is 4.21. The summed E-state index contributed by atoms with van der Waals surface area (Å²) in [5.41, 5.74) is 1.79. The number of likely N-dealkylation sites (tertiary alicyclic amines) is 1. The van der Waals surface area contributed by atoms with Crippen LogP contribution in [0.25, 0.3) is 0 Å². The number of carbonyl (C=O) groups is 1. The number of nitrogens with zero attached hydrogens (tertiary/aromatic N) is 2. The standard InChI is InChI=1S/C26H32N2O3/c29-17-25-22-14-21(24-8-4-5-13-28(24)25)15-27(16-22)26(30)20-11-9-19(10-12-20)18-31-23-6-2-1-3-7-23/h1-3,6-7,9-12,21-22,24-25,29H,4-5,8,13-18H2/t21-,22+,24+,25+/m1/s1. The number of piperidine rings is 3. The summed E-state index contributed by atoms with van der Waals surface area (Å²) in [7, 11) is 0. The van der Waals surface area contributed by atoms with E-state index in [2.05, 4.69) is 4.90 Å². The van der Waals surface area contributed by atoms with E-state index in [9.17, 15) is 9.90 Å². The van der Waals surface area contributed by atoms with Crippen molar-refractivity contribution >= 4 is 5.91 Å². The molecule has 4 atom stereocenters. The number of ether oxygens (including phenoxy) is 1. The number of amides is 1. The first-order valence-corrected chi connectivity index (χ1v) is 11.7. The van der Waals surface area contributed by atoms with Gasteiger partial charge in [0.1, 0.15) is 12.4 Å². The van der Waals surface area contributed by atoms with E-state index >= 15 is 0 Å². The van der Waals surface area contributed by atoms with E-state index in [-0.39, 0.29) is 18.6 Å². The SMILES string of the molecule is O=C(c1ccc(COc2ccccc2)cc1)N1C[C@H]2C[C@@H](C1)[C@H](CO)N1CCCC[C@@H]21. The molecule has 2 aromatic rings. The summed E-state index contributed by atoms with van der Waals surface area (Å²) in [5, 5.41) is 10.1. The zero-order valence-electron chi connectivity index (χ0n) is 18.0. The monoisotopic (exact) mass is 420 g/mol. The van der Waals surface area contributed by atoms with E-state index in [4.69, 9.17) is 4.74 Å². The van der Waals surface area contributed by atoms with Crippen molar-refractivity contribution < 1.29 is 14.6 Å². The smallest absolute Gasteiger partial charge is 0.253 e. The number of hydrogen-bond donors (Lipinski definition) is 1. The summed E-state index contributed by atoms with van der Waals surface area (Å²) >= 11 is 0. The van der Waals surface area contributed by atoms with Gasteiger partial charge in [-0.3, -0.25) is 9.69 Å². The van der Waals surface area contributed by atoms with Gasteiger partial charge in [-0.2, -0.15) is 0 Å². The van der Waals surface area contributed by atoms with Gasteiger partial charge in [-0.05, 0) is 67.5 Å². The zero-order valence-corrected chi connectivity index (χ0v) is 18.0. The van der Waals surface area contributed by atoms with E-state index in [1.54, 1.807) is 0 Å². The van der Waals surface area contributed by atoms with Crippen LogP contribution in [0.1, 0.15) is 41.6 Å². The lowest BCUT2D eigenvalue weighted by molar-refractivity contribution is -0.0795. The average Bonchev–Trinajstić information content (AvgIpc) is 2.83. The number of aliphatic hydroxyl groups is 1. The molecular weight excluding hydrogens is 388 g/mol. The Balaban J connectivity index is 1.25. The Morgan fingerprint density at radius 1 is 1.00 bits per heavy atom. The lowest BCUT2D eigenvalue weighted by Gasteiger charge is -2.56. The van der Waals surface area contributed by atoms with E-state index in [0.29, 0.717) is 24.5 Å². The third-order valence-electron chi connectivity index (χ3n) is 7.45. The van der Waals surface area contributed by atoms with Gasteiger partial charge in [0.2, 0.25) is 0 Å². The molecular formula is C26H32N2O3. The molecule has 3 heterocycles. The Kier molecular flexibility index (Phi) is 5.97. The van der Waals surface area contributed by atoms with Crippen LogP contribution in [-0.4, -0.2) is 59.1 Å². The molecule has 1 N–H and O–H groups in total. The lowest BCUT2D eigenvalue weighted by atomic mass is 9.72. The molecule has 3 aliphatic rings. The first kappa shape index (κ1) is 20.5. The van der Waals surface area contributed by atoms with E-state index in [1.165, 1.54) is 19.3 Å². The summed E-state index contributed by atoms with van der Waals surface area (Å²) in [6, 6.07) is 18.3. The highest BCUT2D eigenvalue weighted by molar-refractivity contribution is 5.94. The second-order valence-corrected chi connectivity index (χ2v) is 9.32. The highest BCUT2D eigenvalue weighted by Crippen LogP contribution is 2.41. The Morgan fingerprint density at radius 2 is 1.77 bits per heavy atom. The number of carbonyl (C=O) groups excluding carboxylic acids is 1. The fourth-order valence-electron chi connectivity index (χ4n) is 5.93. The normalized spacial score (nSPS) is 28.1. The quantitative estimate of drug-likeness (QED) is 0.804. The van der Waals surface area contributed by atoms with Gasteiger partial charge in [-0.1, -0.05) is 36.8 Å². The van der Waals surface area contributed by atoms with Crippen LogP contribution in [0.2, 0.25) is 0 Å². The Morgan fingerprint density at radius 3 is 2.55 bits per heavy atom. The maximum absolute atomic E-state index is 13.3. The molecule has 31 heavy (non-hydrogen) atoms. The molecule has 5 rings (SSSR count). The fourth-order valence-corrected chi connectivity index (χ4v) is 5.93.